The third kappa shape index (κ3) is 4.13. The average molecular weight is 434 g/mol. The summed E-state index contributed by atoms with van der Waals surface area (Å²) in [5.74, 6) is 0.163. The van der Waals surface area contributed by atoms with Gasteiger partial charge in [-0.3, -0.25) is 4.79 Å². The van der Waals surface area contributed by atoms with Crippen molar-refractivity contribution in [1.29, 1.82) is 0 Å². The highest BCUT2D eigenvalue weighted by Gasteiger charge is 2.19. The molecule has 1 amide bonds. The number of rotatable bonds is 6. The van der Waals surface area contributed by atoms with Crippen LogP contribution in [0.25, 0.3) is 21.8 Å². The standard InChI is InChI=1S/C24H19FN2O3S/c1-29-21-13-7-10-17(22(21)30-2)23(28)26-19-12-6-4-9-16(19)20-14-31-24(27-20)15-8-3-5-11-18(15)25/h3-14H,1-2H3,(H,26,28). The molecule has 0 spiro atoms. The van der Waals surface area contributed by atoms with E-state index in [0.717, 1.165) is 5.56 Å². The first-order chi connectivity index (χ1) is 15.1. The van der Waals surface area contributed by atoms with Crippen molar-refractivity contribution in [3.63, 3.8) is 0 Å². The number of nitrogens with zero attached hydrogens (tertiary/aromatic N) is 1. The maximum atomic E-state index is 14.1. The molecule has 7 heteroatoms. The van der Waals surface area contributed by atoms with E-state index in [0.29, 0.717) is 39.0 Å². The molecule has 156 valence electrons. The van der Waals surface area contributed by atoms with Gasteiger partial charge in [0.2, 0.25) is 0 Å². The second-order valence-electron chi connectivity index (χ2n) is 6.56. The molecule has 0 atom stereocenters. The van der Waals surface area contributed by atoms with E-state index in [4.69, 9.17) is 9.47 Å². The zero-order chi connectivity index (χ0) is 21.8. The predicted octanol–water partition coefficient (Wildman–Crippen LogP) is 5.89. The maximum Gasteiger partial charge on any atom is 0.259 e. The number of carbonyl (C=O) groups is 1. The van der Waals surface area contributed by atoms with Gasteiger partial charge in [0.05, 0.1) is 31.2 Å². The van der Waals surface area contributed by atoms with Crippen LogP contribution in [0.2, 0.25) is 0 Å². The number of ether oxygens (including phenoxy) is 2. The number of amides is 1. The molecular formula is C24H19FN2O3S. The number of halogens is 1. The summed E-state index contributed by atoms with van der Waals surface area (Å²) in [6.45, 7) is 0. The number of para-hydroxylation sites is 2. The third-order valence-electron chi connectivity index (χ3n) is 4.71. The van der Waals surface area contributed by atoms with E-state index in [-0.39, 0.29) is 11.7 Å². The zero-order valence-corrected chi connectivity index (χ0v) is 17.7. The van der Waals surface area contributed by atoms with Gasteiger partial charge in [0, 0.05) is 16.5 Å². The van der Waals surface area contributed by atoms with Crippen LogP contribution >= 0.6 is 11.3 Å². The van der Waals surface area contributed by atoms with Crippen molar-refractivity contribution in [3.8, 4) is 33.3 Å². The minimum atomic E-state index is -0.340. The molecule has 0 saturated heterocycles. The van der Waals surface area contributed by atoms with E-state index in [1.165, 1.54) is 31.6 Å². The second kappa shape index (κ2) is 8.97. The van der Waals surface area contributed by atoms with Crippen LogP contribution in [-0.2, 0) is 0 Å². The Balaban J connectivity index is 1.67. The molecule has 0 radical (unpaired) electrons. The molecule has 0 unspecified atom stereocenters. The number of aromatic nitrogens is 1. The van der Waals surface area contributed by atoms with Gasteiger partial charge in [0.1, 0.15) is 10.8 Å². The molecular weight excluding hydrogens is 415 g/mol. The fourth-order valence-corrected chi connectivity index (χ4v) is 4.07. The van der Waals surface area contributed by atoms with Crippen LogP contribution in [0.4, 0.5) is 10.1 Å². The lowest BCUT2D eigenvalue weighted by Gasteiger charge is -2.14. The van der Waals surface area contributed by atoms with Gasteiger partial charge in [-0.25, -0.2) is 9.37 Å². The van der Waals surface area contributed by atoms with E-state index in [1.807, 2.05) is 23.6 Å². The Kier molecular flexibility index (Phi) is 5.95. The first kappa shape index (κ1) is 20.6. The fraction of sp³-hybridized carbons (Fsp3) is 0.0833. The van der Waals surface area contributed by atoms with Gasteiger partial charge in [0.15, 0.2) is 11.5 Å². The fourth-order valence-electron chi connectivity index (χ4n) is 3.23. The number of hydrogen-bond acceptors (Lipinski definition) is 5. The highest BCUT2D eigenvalue weighted by atomic mass is 32.1. The Bertz CT molecular complexity index is 1240. The largest absolute Gasteiger partial charge is 0.493 e. The Hall–Kier alpha value is -3.71. The number of methoxy groups -OCH3 is 2. The molecule has 0 aliphatic rings. The van der Waals surface area contributed by atoms with Crippen molar-refractivity contribution in [2.24, 2.45) is 0 Å². The normalized spacial score (nSPS) is 10.5. The van der Waals surface area contributed by atoms with Gasteiger partial charge in [0.25, 0.3) is 5.91 Å². The summed E-state index contributed by atoms with van der Waals surface area (Å²) in [5.41, 5.74) is 2.76. The Morgan fingerprint density at radius 1 is 0.935 bits per heavy atom. The molecule has 0 saturated carbocycles. The quantitative estimate of drug-likeness (QED) is 0.411. The number of nitrogens with one attached hydrogen (secondary N) is 1. The van der Waals surface area contributed by atoms with Crippen LogP contribution in [0.15, 0.2) is 72.1 Å². The molecule has 4 rings (SSSR count). The summed E-state index contributed by atoms with van der Waals surface area (Å²) in [7, 11) is 3.01. The smallest absolute Gasteiger partial charge is 0.259 e. The third-order valence-corrected chi connectivity index (χ3v) is 5.58. The monoisotopic (exact) mass is 434 g/mol. The van der Waals surface area contributed by atoms with Gasteiger partial charge in [-0.15, -0.1) is 11.3 Å². The summed E-state index contributed by atoms with van der Waals surface area (Å²) in [6, 6.07) is 19.0. The first-order valence-electron chi connectivity index (χ1n) is 9.44. The molecule has 5 nitrogen and oxygen atoms in total. The molecule has 1 aromatic heterocycles. The lowest BCUT2D eigenvalue weighted by molar-refractivity contribution is 0.102. The van der Waals surface area contributed by atoms with Crippen LogP contribution in [0, 0.1) is 5.82 Å². The van der Waals surface area contributed by atoms with E-state index >= 15 is 0 Å². The summed E-state index contributed by atoms with van der Waals surface area (Å²) >= 11 is 1.35. The topological polar surface area (TPSA) is 60.5 Å². The van der Waals surface area contributed by atoms with Crippen molar-refractivity contribution in [3.05, 3.63) is 83.5 Å². The molecule has 0 bridgehead atoms. The Labute approximate surface area is 183 Å². The number of anilines is 1. The maximum absolute atomic E-state index is 14.1. The van der Waals surface area contributed by atoms with Crippen molar-refractivity contribution < 1.29 is 18.7 Å². The van der Waals surface area contributed by atoms with E-state index in [9.17, 15) is 9.18 Å². The molecule has 0 fully saturated rings. The highest BCUT2D eigenvalue weighted by Crippen LogP contribution is 2.35. The number of hydrogen-bond donors (Lipinski definition) is 1. The zero-order valence-electron chi connectivity index (χ0n) is 16.9. The SMILES string of the molecule is COc1cccc(C(=O)Nc2ccccc2-c2csc(-c3ccccc3F)n2)c1OC. The Morgan fingerprint density at radius 2 is 1.68 bits per heavy atom. The molecule has 1 N–H and O–H groups in total. The van der Waals surface area contributed by atoms with Crippen molar-refractivity contribution in [1.82, 2.24) is 4.98 Å². The lowest BCUT2D eigenvalue weighted by atomic mass is 10.1. The summed E-state index contributed by atoms with van der Waals surface area (Å²) in [4.78, 5) is 17.6. The molecule has 4 aromatic rings. The van der Waals surface area contributed by atoms with Gasteiger partial charge >= 0.3 is 0 Å². The lowest BCUT2D eigenvalue weighted by Crippen LogP contribution is -2.14. The highest BCUT2D eigenvalue weighted by molar-refractivity contribution is 7.13. The van der Waals surface area contributed by atoms with Crippen LogP contribution in [0.3, 0.4) is 0 Å². The number of thiazole rings is 1. The van der Waals surface area contributed by atoms with Gasteiger partial charge < -0.3 is 14.8 Å². The van der Waals surface area contributed by atoms with E-state index in [2.05, 4.69) is 10.3 Å². The summed E-state index contributed by atoms with van der Waals surface area (Å²) in [6.07, 6.45) is 0. The van der Waals surface area contributed by atoms with Crippen molar-refractivity contribution >= 4 is 22.9 Å². The molecule has 0 aliphatic carbocycles. The molecule has 3 aromatic carbocycles. The van der Waals surface area contributed by atoms with Crippen molar-refractivity contribution in [2.45, 2.75) is 0 Å². The van der Waals surface area contributed by atoms with Crippen LogP contribution < -0.4 is 14.8 Å². The van der Waals surface area contributed by atoms with Crippen LogP contribution in [0.1, 0.15) is 10.4 Å². The minimum absolute atomic E-state index is 0.324. The average Bonchev–Trinajstić information content (AvgIpc) is 3.28. The number of benzene rings is 3. The summed E-state index contributed by atoms with van der Waals surface area (Å²) in [5, 5.41) is 5.35. The van der Waals surface area contributed by atoms with E-state index in [1.54, 1.807) is 42.5 Å². The van der Waals surface area contributed by atoms with Gasteiger partial charge in [-0.1, -0.05) is 36.4 Å². The van der Waals surface area contributed by atoms with Crippen LogP contribution in [-0.4, -0.2) is 25.1 Å². The first-order valence-corrected chi connectivity index (χ1v) is 10.3. The van der Waals surface area contributed by atoms with Gasteiger partial charge in [-0.2, -0.15) is 0 Å². The van der Waals surface area contributed by atoms with E-state index < -0.39 is 0 Å². The molecule has 0 aliphatic heterocycles. The molecule has 1 heterocycles. The second-order valence-corrected chi connectivity index (χ2v) is 7.42. The minimum Gasteiger partial charge on any atom is -0.493 e. The number of carbonyl (C=O) groups excluding carboxylic acids is 1. The summed E-state index contributed by atoms with van der Waals surface area (Å²) < 4.78 is 24.8. The van der Waals surface area contributed by atoms with Crippen LogP contribution in [0.5, 0.6) is 11.5 Å². The molecule has 31 heavy (non-hydrogen) atoms. The van der Waals surface area contributed by atoms with Gasteiger partial charge in [-0.05, 0) is 30.3 Å². The predicted molar refractivity (Wildman–Crippen MR) is 120 cm³/mol. The van der Waals surface area contributed by atoms with Crippen molar-refractivity contribution in [2.75, 3.05) is 19.5 Å². The Morgan fingerprint density at radius 3 is 2.42 bits per heavy atom.